The highest BCUT2D eigenvalue weighted by molar-refractivity contribution is 5.80. The summed E-state index contributed by atoms with van der Waals surface area (Å²) in [6.07, 6.45) is -3.99. The lowest BCUT2D eigenvalue weighted by atomic mass is 9.97. The van der Waals surface area contributed by atoms with Crippen LogP contribution in [0.5, 0.6) is 0 Å². The van der Waals surface area contributed by atoms with Crippen molar-refractivity contribution in [3.05, 3.63) is 53.9 Å². The quantitative estimate of drug-likeness (QED) is 0.639. The molecular weight excluding hydrogens is 373 g/mol. The molecule has 1 aliphatic heterocycles. The zero-order valence-corrected chi connectivity index (χ0v) is 14.7. The number of hydrogen-bond donors (Lipinski definition) is 1. The van der Waals surface area contributed by atoms with Crippen molar-refractivity contribution in [3.8, 4) is 11.1 Å². The number of benzene rings is 2. The molecule has 2 heterocycles. The molecule has 146 valence electrons. The van der Waals surface area contributed by atoms with Crippen LogP contribution >= 0.6 is 0 Å². The molecule has 0 aliphatic carbocycles. The molecule has 28 heavy (non-hydrogen) atoms. The summed E-state index contributed by atoms with van der Waals surface area (Å²) in [4.78, 5) is 16.9. The van der Waals surface area contributed by atoms with Gasteiger partial charge in [-0.1, -0.05) is 18.2 Å². The highest BCUT2D eigenvalue weighted by Gasteiger charge is 2.30. The van der Waals surface area contributed by atoms with Crippen LogP contribution < -0.4 is 0 Å². The standard InChI is InChI=1S/C20H17F3N2O3/c21-20(22,23)15-4-1-12(2-5-15)14-3-6-17-16(11-14)24-18(28-17)13-7-9-25(10-8-13)19(26)27/h1-6,11,13H,7-10H2,(H,26,27). The topological polar surface area (TPSA) is 66.6 Å². The Morgan fingerprint density at radius 1 is 1.07 bits per heavy atom. The highest BCUT2D eigenvalue weighted by atomic mass is 19.4. The van der Waals surface area contributed by atoms with Crippen molar-refractivity contribution >= 4 is 17.2 Å². The van der Waals surface area contributed by atoms with E-state index in [9.17, 15) is 18.0 Å². The number of aromatic nitrogens is 1. The van der Waals surface area contributed by atoms with Crippen LogP contribution in [0.2, 0.25) is 0 Å². The molecule has 1 amide bonds. The Labute approximate surface area is 158 Å². The van der Waals surface area contributed by atoms with Crippen molar-refractivity contribution in [1.29, 1.82) is 0 Å². The number of rotatable bonds is 2. The first-order valence-electron chi connectivity index (χ1n) is 8.87. The molecule has 2 aromatic carbocycles. The molecule has 0 unspecified atom stereocenters. The third kappa shape index (κ3) is 3.54. The molecule has 0 saturated carbocycles. The van der Waals surface area contributed by atoms with Gasteiger partial charge in [-0.05, 0) is 48.2 Å². The van der Waals surface area contributed by atoms with Crippen molar-refractivity contribution in [2.45, 2.75) is 24.9 Å². The number of nitrogens with zero attached hydrogens (tertiary/aromatic N) is 2. The van der Waals surface area contributed by atoms with Crippen LogP contribution in [0.25, 0.3) is 22.2 Å². The Morgan fingerprint density at radius 3 is 2.32 bits per heavy atom. The summed E-state index contributed by atoms with van der Waals surface area (Å²) < 4.78 is 44.0. The van der Waals surface area contributed by atoms with Crippen LogP contribution in [0, 0.1) is 0 Å². The van der Waals surface area contributed by atoms with Gasteiger partial charge in [0.25, 0.3) is 0 Å². The predicted molar refractivity (Wildman–Crippen MR) is 96.0 cm³/mol. The fourth-order valence-electron chi connectivity index (χ4n) is 3.47. The third-order valence-electron chi connectivity index (χ3n) is 5.06. The summed E-state index contributed by atoms with van der Waals surface area (Å²) in [5.41, 5.74) is 1.96. The maximum atomic E-state index is 12.7. The van der Waals surface area contributed by atoms with E-state index in [1.54, 1.807) is 18.2 Å². The molecule has 1 N–H and O–H groups in total. The van der Waals surface area contributed by atoms with Gasteiger partial charge in [-0.15, -0.1) is 0 Å². The summed E-state index contributed by atoms with van der Waals surface area (Å²) in [6, 6.07) is 10.3. The first kappa shape index (κ1) is 18.3. The number of likely N-dealkylation sites (tertiary alicyclic amines) is 1. The fourth-order valence-corrected chi connectivity index (χ4v) is 3.47. The molecule has 0 radical (unpaired) electrons. The van der Waals surface area contributed by atoms with Gasteiger partial charge in [-0.2, -0.15) is 13.2 Å². The minimum Gasteiger partial charge on any atom is -0.465 e. The number of carbonyl (C=O) groups is 1. The summed E-state index contributed by atoms with van der Waals surface area (Å²) in [5, 5.41) is 9.03. The van der Waals surface area contributed by atoms with E-state index in [4.69, 9.17) is 9.52 Å². The smallest absolute Gasteiger partial charge is 0.416 e. The first-order valence-corrected chi connectivity index (χ1v) is 8.87. The molecule has 0 atom stereocenters. The van der Waals surface area contributed by atoms with E-state index in [1.165, 1.54) is 17.0 Å². The monoisotopic (exact) mass is 390 g/mol. The normalized spacial score (nSPS) is 15.9. The highest BCUT2D eigenvalue weighted by Crippen LogP contribution is 2.33. The summed E-state index contributed by atoms with van der Waals surface area (Å²) in [7, 11) is 0. The molecular formula is C20H17F3N2O3. The summed E-state index contributed by atoms with van der Waals surface area (Å²) in [5.74, 6) is 0.627. The van der Waals surface area contributed by atoms with Gasteiger partial charge in [-0.25, -0.2) is 9.78 Å². The zero-order valence-electron chi connectivity index (χ0n) is 14.7. The average Bonchev–Trinajstić information content (AvgIpc) is 3.11. The fraction of sp³-hybridized carbons (Fsp3) is 0.300. The van der Waals surface area contributed by atoms with Crippen LogP contribution in [0.4, 0.5) is 18.0 Å². The van der Waals surface area contributed by atoms with Crippen molar-refractivity contribution < 1.29 is 27.5 Å². The van der Waals surface area contributed by atoms with Gasteiger partial charge in [0.05, 0.1) is 5.56 Å². The Bertz CT molecular complexity index is 1000. The number of fused-ring (bicyclic) bond motifs is 1. The van der Waals surface area contributed by atoms with Gasteiger partial charge in [0.15, 0.2) is 11.5 Å². The number of carboxylic acid groups (broad SMARTS) is 1. The van der Waals surface area contributed by atoms with E-state index >= 15 is 0 Å². The number of amides is 1. The third-order valence-corrected chi connectivity index (χ3v) is 5.06. The van der Waals surface area contributed by atoms with Gasteiger partial charge < -0.3 is 14.4 Å². The Balaban J connectivity index is 1.56. The Morgan fingerprint density at radius 2 is 1.71 bits per heavy atom. The molecule has 4 rings (SSSR count). The predicted octanol–water partition coefficient (Wildman–Crippen LogP) is 5.37. The minimum absolute atomic E-state index is 0.0533. The molecule has 5 nitrogen and oxygen atoms in total. The van der Waals surface area contributed by atoms with E-state index in [1.807, 2.05) is 0 Å². The van der Waals surface area contributed by atoms with Crippen LogP contribution in [-0.2, 0) is 6.18 Å². The van der Waals surface area contributed by atoms with Crippen molar-refractivity contribution in [1.82, 2.24) is 9.88 Å². The largest absolute Gasteiger partial charge is 0.465 e. The van der Waals surface area contributed by atoms with Crippen LogP contribution in [0.15, 0.2) is 46.9 Å². The van der Waals surface area contributed by atoms with Crippen LogP contribution in [0.3, 0.4) is 0 Å². The van der Waals surface area contributed by atoms with E-state index in [2.05, 4.69) is 4.98 Å². The molecule has 1 aromatic heterocycles. The molecule has 0 spiro atoms. The number of halogens is 3. The second-order valence-corrected chi connectivity index (χ2v) is 6.85. The molecule has 3 aromatic rings. The zero-order chi connectivity index (χ0) is 19.9. The first-order chi connectivity index (χ1) is 13.3. The van der Waals surface area contributed by atoms with E-state index in [0.29, 0.717) is 48.5 Å². The molecule has 8 heteroatoms. The second-order valence-electron chi connectivity index (χ2n) is 6.85. The van der Waals surface area contributed by atoms with Gasteiger partial charge in [0, 0.05) is 19.0 Å². The molecule has 1 aliphatic rings. The molecule has 1 saturated heterocycles. The van der Waals surface area contributed by atoms with Crippen molar-refractivity contribution in [2.75, 3.05) is 13.1 Å². The van der Waals surface area contributed by atoms with Gasteiger partial charge in [0.2, 0.25) is 0 Å². The van der Waals surface area contributed by atoms with E-state index < -0.39 is 17.8 Å². The van der Waals surface area contributed by atoms with Crippen molar-refractivity contribution in [3.63, 3.8) is 0 Å². The lowest BCUT2D eigenvalue weighted by Crippen LogP contribution is -2.36. The van der Waals surface area contributed by atoms with Gasteiger partial charge >= 0.3 is 12.3 Å². The lowest BCUT2D eigenvalue weighted by molar-refractivity contribution is -0.137. The van der Waals surface area contributed by atoms with E-state index in [0.717, 1.165) is 17.7 Å². The minimum atomic E-state index is -4.36. The number of piperidine rings is 1. The maximum Gasteiger partial charge on any atom is 0.416 e. The number of alkyl halides is 3. The average molecular weight is 390 g/mol. The summed E-state index contributed by atoms with van der Waals surface area (Å²) in [6.45, 7) is 0.880. The van der Waals surface area contributed by atoms with Crippen LogP contribution in [0.1, 0.15) is 30.2 Å². The van der Waals surface area contributed by atoms with E-state index in [-0.39, 0.29) is 5.92 Å². The van der Waals surface area contributed by atoms with Crippen LogP contribution in [-0.4, -0.2) is 34.2 Å². The maximum absolute atomic E-state index is 12.7. The van der Waals surface area contributed by atoms with Crippen molar-refractivity contribution in [2.24, 2.45) is 0 Å². The lowest BCUT2D eigenvalue weighted by Gasteiger charge is -2.28. The number of hydrogen-bond acceptors (Lipinski definition) is 3. The van der Waals surface area contributed by atoms with Gasteiger partial charge in [-0.3, -0.25) is 0 Å². The Hall–Kier alpha value is -3.03. The molecule has 1 fully saturated rings. The van der Waals surface area contributed by atoms with Gasteiger partial charge in [0.1, 0.15) is 5.52 Å². The summed E-state index contributed by atoms with van der Waals surface area (Å²) >= 11 is 0. The Kier molecular flexibility index (Phi) is 4.49. The number of oxazole rings is 1. The second kappa shape index (κ2) is 6.85. The molecule has 0 bridgehead atoms. The SMILES string of the molecule is O=C(O)N1CCC(c2nc3cc(-c4ccc(C(F)(F)F)cc4)ccc3o2)CC1.